The van der Waals surface area contributed by atoms with Gasteiger partial charge in [-0.3, -0.25) is 9.69 Å². The number of carbonyl (C=O) groups excluding carboxylic acids is 1. The molecular weight excluding hydrogens is 402 g/mol. The second kappa shape index (κ2) is 7.58. The number of carbonyl (C=O) groups is 1. The predicted octanol–water partition coefficient (Wildman–Crippen LogP) is 2.95. The van der Waals surface area contributed by atoms with Gasteiger partial charge >= 0.3 is 0 Å². The van der Waals surface area contributed by atoms with Crippen molar-refractivity contribution < 1.29 is 14.3 Å². The number of hydrogen-bond acceptors (Lipinski definition) is 7. The van der Waals surface area contributed by atoms with Crippen molar-refractivity contribution in [3.05, 3.63) is 70.8 Å². The summed E-state index contributed by atoms with van der Waals surface area (Å²) >= 11 is 1.44. The van der Waals surface area contributed by atoms with Crippen molar-refractivity contribution in [2.24, 2.45) is 0 Å². The van der Waals surface area contributed by atoms with E-state index in [1.807, 2.05) is 4.90 Å². The lowest BCUT2D eigenvalue weighted by Crippen LogP contribution is -2.49. The monoisotopic (exact) mass is 423 g/mol. The number of thiazole rings is 1. The number of amides is 1. The Kier molecular flexibility index (Phi) is 4.76. The summed E-state index contributed by atoms with van der Waals surface area (Å²) in [6.07, 6.45) is 2.95. The lowest BCUT2D eigenvalue weighted by molar-refractivity contribution is 0.0568. The third kappa shape index (κ3) is 3.25. The Morgan fingerprint density at radius 3 is 2.60 bits per heavy atom. The Hall–Kier alpha value is -3.17. The van der Waals surface area contributed by atoms with Crippen LogP contribution in [0.2, 0.25) is 0 Å². The van der Waals surface area contributed by atoms with E-state index in [0.29, 0.717) is 36.9 Å². The first-order chi connectivity index (χ1) is 14.6. The van der Waals surface area contributed by atoms with Crippen molar-refractivity contribution in [3.8, 4) is 5.88 Å². The van der Waals surface area contributed by atoms with Gasteiger partial charge in [0.2, 0.25) is 10.8 Å². The topological polar surface area (TPSA) is 87.1 Å². The lowest BCUT2D eigenvalue weighted by atomic mass is 10.0. The van der Waals surface area contributed by atoms with Gasteiger partial charge in [-0.25, -0.2) is 4.98 Å². The average molecular weight is 423 g/mol. The van der Waals surface area contributed by atoms with Crippen LogP contribution in [-0.4, -0.2) is 61.6 Å². The summed E-state index contributed by atoms with van der Waals surface area (Å²) in [5, 5.41) is 14.9. The Bertz CT molecular complexity index is 1160. The molecule has 4 aromatic rings. The van der Waals surface area contributed by atoms with Crippen molar-refractivity contribution in [1.82, 2.24) is 24.4 Å². The van der Waals surface area contributed by atoms with Crippen LogP contribution in [0.1, 0.15) is 32.6 Å². The maximum atomic E-state index is 12.6. The molecule has 0 spiro atoms. The summed E-state index contributed by atoms with van der Waals surface area (Å²) in [5.74, 6) is 0.391. The number of hydrogen-bond donors (Lipinski definition) is 1. The van der Waals surface area contributed by atoms with Gasteiger partial charge in [0, 0.05) is 26.2 Å². The van der Waals surface area contributed by atoms with Crippen LogP contribution in [0.15, 0.2) is 53.4 Å². The Labute approximate surface area is 177 Å². The van der Waals surface area contributed by atoms with Crippen LogP contribution in [0.5, 0.6) is 5.88 Å². The van der Waals surface area contributed by atoms with E-state index in [0.717, 1.165) is 10.4 Å². The third-order valence-electron chi connectivity index (χ3n) is 5.48. The second-order valence-corrected chi connectivity index (χ2v) is 8.37. The molecule has 4 heterocycles. The number of nitrogens with zero attached hydrogens (tertiary/aromatic N) is 5. The molecule has 9 heteroatoms. The number of aryl methyl sites for hydroxylation is 1. The molecule has 0 aliphatic carbocycles. The number of rotatable bonds is 4. The maximum absolute atomic E-state index is 12.6. The number of piperazine rings is 1. The first kappa shape index (κ1) is 18.8. The number of aromatic nitrogens is 3. The minimum atomic E-state index is -0.139. The largest absolute Gasteiger partial charge is 0.492 e. The van der Waals surface area contributed by atoms with Gasteiger partial charge < -0.3 is 14.4 Å². The van der Waals surface area contributed by atoms with Gasteiger partial charge in [0.25, 0.3) is 5.91 Å². The lowest BCUT2D eigenvalue weighted by Gasteiger charge is -2.38. The molecule has 0 bridgehead atoms. The number of benzene rings is 1. The van der Waals surface area contributed by atoms with Crippen molar-refractivity contribution >= 4 is 22.2 Å². The van der Waals surface area contributed by atoms with E-state index in [1.165, 1.54) is 34.0 Å². The van der Waals surface area contributed by atoms with Crippen LogP contribution in [0.3, 0.4) is 0 Å². The third-order valence-corrected chi connectivity index (χ3v) is 6.57. The van der Waals surface area contributed by atoms with Crippen molar-refractivity contribution in [2.45, 2.75) is 13.0 Å². The van der Waals surface area contributed by atoms with Crippen molar-refractivity contribution in [2.75, 3.05) is 26.2 Å². The first-order valence-electron chi connectivity index (χ1n) is 9.76. The number of fused-ring (bicyclic) bond motifs is 1. The standard InChI is InChI=1S/C21H21N5O3S/c1-14-4-6-15(7-5-14)17(18-20(28)26-21(30-18)22-13-23-26)24-8-10-25(11-9-24)19(27)16-3-2-12-29-16/h2-7,12-13,17,28H,8-11H2,1H3. The van der Waals surface area contributed by atoms with Crippen molar-refractivity contribution in [1.29, 1.82) is 0 Å². The molecule has 30 heavy (non-hydrogen) atoms. The van der Waals surface area contributed by atoms with Crippen molar-refractivity contribution in [3.63, 3.8) is 0 Å². The normalized spacial score (nSPS) is 16.2. The zero-order chi connectivity index (χ0) is 20.7. The van der Waals surface area contributed by atoms with Crippen LogP contribution in [0.4, 0.5) is 0 Å². The summed E-state index contributed by atoms with van der Waals surface area (Å²) in [6.45, 7) is 4.58. The fourth-order valence-corrected chi connectivity index (χ4v) is 4.98. The molecule has 8 nitrogen and oxygen atoms in total. The van der Waals surface area contributed by atoms with E-state index < -0.39 is 0 Å². The Balaban J connectivity index is 1.44. The van der Waals surface area contributed by atoms with Crippen LogP contribution < -0.4 is 0 Å². The minimum absolute atomic E-state index is 0.0897. The highest BCUT2D eigenvalue weighted by Crippen LogP contribution is 2.40. The Morgan fingerprint density at radius 2 is 1.93 bits per heavy atom. The fraction of sp³-hybridized carbons (Fsp3) is 0.286. The van der Waals surface area contributed by atoms with Crippen LogP contribution in [-0.2, 0) is 0 Å². The van der Waals surface area contributed by atoms with E-state index in [-0.39, 0.29) is 17.8 Å². The van der Waals surface area contributed by atoms with Gasteiger partial charge in [-0.2, -0.15) is 9.61 Å². The van der Waals surface area contributed by atoms with E-state index in [4.69, 9.17) is 4.42 Å². The molecule has 5 rings (SSSR count). The van der Waals surface area contributed by atoms with E-state index in [9.17, 15) is 9.90 Å². The molecule has 1 unspecified atom stereocenters. The summed E-state index contributed by atoms with van der Waals surface area (Å²) in [4.78, 5) is 22.4. The molecule has 1 aliphatic rings. The van der Waals surface area contributed by atoms with Gasteiger partial charge in [-0.1, -0.05) is 41.2 Å². The molecule has 1 aliphatic heterocycles. The number of furan rings is 1. The quantitative estimate of drug-likeness (QED) is 0.543. The Morgan fingerprint density at radius 1 is 1.17 bits per heavy atom. The van der Waals surface area contributed by atoms with Gasteiger partial charge in [0.15, 0.2) is 5.76 Å². The van der Waals surface area contributed by atoms with E-state index in [1.54, 1.807) is 12.1 Å². The molecule has 0 saturated carbocycles. The molecule has 3 aromatic heterocycles. The summed E-state index contributed by atoms with van der Waals surface area (Å²) in [7, 11) is 0. The van der Waals surface area contributed by atoms with Crippen LogP contribution >= 0.6 is 11.3 Å². The fourth-order valence-electron chi connectivity index (χ4n) is 3.89. The molecule has 1 atom stereocenters. The maximum Gasteiger partial charge on any atom is 0.289 e. The molecule has 0 radical (unpaired) electrons. The zero-order valence-electron chi connectivity index (χ0n) is 16.4. The SMILES string of the molecule is Cc1ccc(C(c2sc3ncnn3c2O)N2CCN(C(=O)c3ccco3)CC2)cc1. The van der Waals surface area contributed by atoms with E-state index in [2.05, 4.69) is 46.2 Å². The minimum Gasteiger partial charge on any atom is -0.492 e. The van der Waals surface area contributed by atoms with Gasteiger partial charge in [0.05, 0.1) is 17.2 Å². The molecule has 1 N–H and O–H groups in total. The predicted molar refractivity (Wildman–Crippen MR) is 112 cm³/mol. The zero-order valence-corrected chi connectivity index (χ0v) is 17.2. The van der Waals surface area contributed by atoms with Gasteiger partial charge in [0.1, 0.15) is 6.33 Å². The molecule has 1 aromatic carbocycles. The van der Waals surface area contributed by atoms with Crippen LogP contribution in [0.25, 0.3) is 4.96 Å². The highest BCUT2D eigenvalue weighted by atomic mass is 32.1. The summed E-state index contributed by atoms with van der Waals surface area (Å²) in [5.41, 5.74) is 2.27. The van der Waals surface area contributed by atoms with Gasteiger partial charge in [-0.15, -0.1) is 0 Å². The molecule has 154 valence electrons. The average Bonchev–Trinajstić information content (AvgIpc) is 3.50. The van der Waals surface area contributed by atoms with E-state index >= 15 is 0 Å². The highest BCUT2D eigenvalue weighted by molar-refractivity contribution is 7.17. The van der Waals surface area contributed by atoms with Gasteiger partial charge in [-0.05, 0) is 24.6 Å². The summed E-state index contributed by atoms with van der Waals surface area (Å²) in [6, 6.07) is 11.6. The highest BCUT2D eigenvalue weighted by Gasteiger charge is 2.33. The molecule has 1 saturated heterocycles. The summed E-state index contributed by atoms with van der Waals surface area (Å²) < 4.78 is 6.73. The molecule has 1 fully saturated rings. The second-order valence-electron chi connectivity index (χ2n) is 7.36. The smallest absolute Gasteiger partial charge is 0.289 e. The first-order valence-corrected chi connectivity index (χ1v) is 10.6. The molecule has 1 amide bonds. The van der Waals surface area contributed by atoms with Crippen LogP contribution in [0, 0.1) is 6.92 Å². The molecular formula is C21H21N5O3S. The number of aromatic hydroxyl groups is 1.